The van der Waals surface area contributed by atoms with E-state index >= 15 is 0 Å². The van der Waals surface area contributed by atoms with Crippen LogP contribution in [0.5, 0.6) is 5.88 Å². The first-order valence-corrected chi connectivity index (χ1v) is 7.96. The maximum absolute atomic E-state index is 8.70. The van der Waals surface area contributed by atoms with Crippen LogP contribution in [0.25, 0.3) is 10.9 Å². The Morgan fingerprint density at radius 3 is 2.50 bits per heavy atom. The van der Waals surface area contributed by atoms with Crippen molar-refractivity contribution in [1.82, 2.24) is 9.97 Å². The highest BCUT2D eigenvalue weighted by molar-refractivity contribution is 5.82. The molecule has 0 atom stereocenters. The summed E-state index contributed by atoms with van der Waals surface area (Å²) >= 11 is 0. The SMILES string of the molecule is OCCOCc1ccc(CCOc2ncnc3ccccc23)cc1. The van der Waals surface area contributed by atoms with Crippen LogP contribution in [0.2, 0.25) is 0 Å². The van der Waals surface area contributed by atoms with Crippen molar-refractivity contribution in [2.45, 2.75) is 13.0 Å². The second-order valence-corrected chi connectivity index (χ2v) is 5.39. The molecule has 1 N–H and O–H groups in total. The number of benzene rings is 2. The molecule has 0 aliphatic carbocycles. The minimum absolute atomic E-state index is 0.0488. The third-order valence-electron chi connectivity index (χ3n) is 3.66. The Morgan fingerprint density at radius 1 is 0.875 bits per heavy atom. The summed E-state index contributed by atoms with van der Waals surface area (Å²) in [6.07, 6.45) is 2.33. The number of aliphatic hydroxyl groups excluding tert-OH is 1. The number of ether oxygens (including phenoxy) is 2. The zero-order chi connectivity index (χ0) is 16.6. The average Bonchev–Trinajstić information content (AvgIpc) is 2.63. The Bertz CT molecular complexity index is 770. The van der Waals surface area contributed by atoms with E-state index in [4.69, 9.17) is 14.6 Å². The summed E-state index contributed by atoms with van der Waals surface area (Å²) in [5.74, 6) is 0.620. The normalized spacial score (nSPS) is 10.9. The second-order valence-electron chi connectivity index (χ2n) is 5.39. The number of rotatable bonds is 8. The molecule has 124 valence electrons. The van der Waals surface area contributed by atoms with Crippen molar-refractivity contribution in [2.75, 3.05) is 19.8 Å². The molecule has 5 nitrogen and oxygen atoms in total. The lowest BCUT2D eigenvalue weighted by molar-refractivity contribution is 0.0815. The summed E-state index contributed by atoms with van der Waals surface area (Å²) in [6, 6.07) is 16.0. The van der Waals surface area contributed by atoms with Crippen molar-refractivity contribution in [1.29, 1.82) is 0 Å². The van der Waals surface area contributed by atoms with Crippen LogP contribution in [0.1, 0.15) is 11.1 Å². The largest absolute Gasteiger partial charge is 0.477 e. The number of hydrogen-bond acceptors (Lipinski definition) is 5. The minimum Gasteiger partial charge on any atom is -0.477 e. The number of fused-ring (bicyclic) bond motifs is 1. The maximum Gasteiger partial charge on any atom is 0.224 e. The Hall–Kier alpha value is -2.50. The van der Waals surface area contributed by atoms with Crippen molar-refractivity contribution < 1.29 is 14.6 Å². The standard InChI is InChI=1S/C19H20N2O3/c22-10-12-23-13-16-7-5-15(6-8-16)9-11-24-19-17-3-1-2-4-18(17)20-14-21-19/h1-8,14,22H,9-13H2. The Labute approximate surface area is 140 Å². The van der Waals surface area contributed by atoms with Crippen LogP contribution < -0.4 is 4.74 Å². The predicted molar refractivity (Wildman–Crippen MR) is 91.9 cm³/mol. The van der Waals surface area contributed by atoms with E-state index in [1.165, 1.54) is 11.9 Å². The molecule has 0 saturated heterocycles. The summed E-state index contributed by atoms with van der Waals surface area (Å²) in [7, 11) is 0. The van der Waals surface area contributed by atoms with Crippen molar-refractivity contribution in [3.05, 3.63) is 66.0 Å². The molecule has 0 amide bonds. The van der Waals surface area contributed by atoms with E-state index in [1.807, 2.05) is 36.4 Å². The van der Waals surface area contributed by atoms with Gasteiger partial charge in [0.25, 0.3) is 0 Å². The molecule has 1 heterocycles. The molecule has 0 bridgehead atoms. The van der Waals surface area contributed by atoms with Gasteiger partial charge >= 0.3 is 0 Å². The highest BCUT2D eigenvalue weighted by Gasteiger charge is 2.04. The maximum atomic E-state index is 8.70. The summed E-state index contributed by atoms with van der Waals surface area (Å²) in [4.78, 5) is 8.45. The van der Waals surface area contributed by atoms with Crippen LogP contribution in [0.15, 0.2) is 54.9 Å². The molecule has 2 aromatic carbocycles. The van der Waals surface area contributed by atoms with E-state index in [1.54, 1.807) is 0 Å². The van der Waals surface area contributed by atoms with Crippen molar-refractivity contribution in [3.8, 4) is 5.88 Å². The molecule has 0 fully saturated rings. The van der Waals surface area contributed by atoms with E-state index in [0.717, 1.165) is 22.9 Å². The molecule has 0 aliphatic rings. The average molecular weight is 324 g/mol. The first kappa shape index (κ1) is 16.4. The van der Waals surface area contributed by atoms with E-state index in [9.17, 15) is 0 Å². The van der Waals surface area contributed by atoms with Crippen LogP contribution in [0.4, 0.5) is 0 Å². The molecule has 3 aromatic rings. The smallest absolute Gasteiger partial charge is 0.224 e. The lowest BCUT2D eigenvalue weighted by Crippen LogP contribution is -2.04. The zero-order valence-corrected chi connectivity index (χ0v) is 13.4. The molecule has 0 spiro atoms. The van der Waals surface area contributed by atoms with Crippen molar-refractivity contribution in [2.24, 2.45) is 0 Å². The van der Waals surface area contributed by atoms with Gasteiger partial charge in [0.2, 0.25) is 5.88 Å². The molecule has 0 unspecified atom stereocenters. The van der Waals surface area contributed by atoms with Gasteiger partial charge in [-0.1, -0.05) is 36.4 Å². The predicted octanol–water partition coefficient (Wildman–Crippen LogP) is 2.76. The third-order valence-corrected chi connectivity index (χ3v) is 3.66. The van der Waals surface area contributed by atoms with Gasteiger partial charge in [-0.25, -0.2) is 9.97 Å². The molecular formula is C19H20N2O3. The number of para-hydroxylation sites is 1. The lowest BCUT2D eigenvalue weighted by Gasteiger charge is -2.08. The molecule has 0 radical (unpaired) electrons. The van der Waals surface area contributed by atoms with Gasteiger partial charge in [-0.05, 0) is 23.3 Å². The molecule has 24 heavy (non-hydrogen) atoms. The highest BCUT2D eigenvalue weighted by Crippen LogP contribution is 2.20. The van der Waals surface area contributed by atoms with Gasteiger partial charge in [-0.15, -0.1) is 0 Å². The number of aliphatic hydroxyl groups is 1. The minimum atomic E-state index is 0.0488. The molecule has 1 aromatic heterocycles. The van der Waals surface area contributed by atoms with Crippen molar-refractivity contribution >= 4 is 10.9 Å². The van der Waals surface area contributed by atoms with Crippen LogP contribution in [-0.2, 0) is 17.8 Å². The van der Waals surface area contributed by atoms with Crippen LogP contribution >= 0.6 is 0 Å². The van der Waals surface area contributed by atoms with E-state index in [0.29, 0.717) is 25.7 Å². The van der Waals surface area contributed by atoms with Crippen LogP contribution in [0, 0.1) is 0 Å². The van der Waals surface area contributed by atoms with Gasteiger partial charge in [0, 0.05) is 6.42 Å². The van der Waals surface area contributed by atoms with E-state index in [2.05, 4.69) is 22.1 Å². The van der Waals surface area contributed by atoms with Gasteiger partial charge < -0.3 is 14.6 Å². The van der Waals surface area contributed by atoms with Crippen LogP contribution in [0.3, 0.4) is 0 Å². The fourth-order valence-electron chi connectivity index (χ4n) is 2.42. The Balaban J connectivity index is 1.54. The molecular weight excluding hydrogens is 304 g/mol. The quantitative estimate of drug-likeness (QED) is 0.646. The monoisotopic (exact) mass is 324 g/mol. The van der Waals surface area contributed by atoms with Gasteiger partial charge in [0.1, 0.15) is 6.33 Å². The summed E-state index contributed by atoms with van der Waals surface area (Å²) in [5.41, 5.74) is 3.17. The van der Waals surface area contributed by atoms with E-state index in [-0.39, 0.29) is 6.61 Å². The van der Waals surface area contributed by atoms with Crippen molar-refractivity contribution in [3.63, 3.8) is 0 Å². The molecule has 5 heteroatoms. The summed E-state index contributed by atoms with van der Waals surface area (Å²) in [5, 5.41) is 9.62. The first-order valence-electron chi connectivity index (χ1n) is 7.96. The van der Waals surface area contributed by atoms with Gasteiger partial charge in [0.05, 0.1) is 37.3 Å². The molecule has 0 saturated carbocycles. The fraction of sp³-hybridized carbons (Fsp3) is 0.263. The molecule has 3 rings (SSSR count). The zero-order valence-electron chi connectivity index (χ0n) is 13.4. The Kier molecular flexibility index (Phi) is 5.71. The van der Waals surface area contributed by atoms with Gasteiger partial charge in [-0.2, -0.15) is 0 Å². The van der Waals surface area contributed by atoms with Gasteiger partial charge in [0.15, 0.2) is 0 Å². The first-order chi connectivity index (χ1) is 11.9. The topological polar surface area (TPSA) is 64.5 Å². The lowest BCUT2D eigenvalue weighted by atomic mass is 10.1. The fourth-order valence-corrected chi connectivity index (χ4v) is 2.42. The number of hydrogen-bond donors (Lipinski definition) is 1. The number of aromatic nitrogens is 2. The number of nitrogens with zero attached hydrogens (tertiary/aromatic N) is 2. The summed E-state index contributed by atoms with van der Waals surface area (Å²) in [6.45, 7) is 1.49. The second kappa shape index (κ2) is 8.38. The van der Waals surface area contributed by atoms with E-state index < -0.39 is 0 Å². The van der Waals surface area contributed by atoms with Crippen LogP contribution in [-0.4, -0.2) is 34.9 Å². The van der Waals surface area contributed by atoms with Gasteiger partial charge in [-0.3, -0.25) is 0 Å². The summed E-state index contributed by atoms with van der Waals surface area (Å²) < 4.78 is 11.1. The Morgan fingerprint density at radius 2 is 1.67 bits per heavy atom. The third kappa shape index (κ3) is 4.28. The molecule has 0 aliphatic heterocycles. The highest BCUT2D eigenvalue weighted by atomic mass is 16.5.